The first-order valence-corrected chi connectivity index (χ1v) is 9.17. The topological polar surface area (TPSA) is 74.1 Å². The molecule has 0 aliphatic rings. The van der Waals surface area contributed by atoms with Gasteiger partial charge in [-0.1, -0.05) is 27.2 Å². The number of rotatable bonds is 4. The van der Waals surface area contributed by atoms with Crippen molar-refractivity contribution in [3.8, 4) is 5.75 Å². The number of hydrogen-bond acceptors (Lipinski definition) is 5. The molecule has 0 bridgehead atoms. The third-order valence-corrected chi connectivity index (χ3v) is 5.38. The van der Waals surface area contributed by atoms with E-state index in [0.29, 0.717) is 22.1 Å². The Kier molecular flexibility index (Phi) is 4.11. The molecule has 0 aliphatic heterocycles. The normalized spacial score (nSPS) is 11.8. The van der Waals surface area contributed by atoms with Gasteiger partial charge in [0.05, 0.1) is 6.61 Å². The second-order valence-electron chi connectivity index (χ2n) is 4.95. The summed E-state index contributed by atoms with van der Waals surface area (Å²) in [6.45, 7) is 4.07. The number of halogens is 1. The van der Waals surface area contributed by atoms with Gasteiger partial charge < -0.3 is 4.74 Å². The lowest BCUT2D eigenvalue weighted by Gasteiger charge is -2.11. The Balaban J connectivity index is 2.23. The molecule has 120 valence electrons. The van der Waals surface area contributed by atoms with Gasteiger partial charge in [-0.05, 0) is 49.7 Å². The molecule has 1 heterocycles. The summed E-state index contributed by atoms with van der Waals surface area (Å²) in [6.07, 6.45) is 0. The van der Waals surface area contributed by atoms with Gasteiger partial charge in [0, 0.05) is 4.47 Å². The molecule has 6 nitrogen and oxygen atoms in total. The summed E-state index contributed by atoms with van der Waals surface area (Å²) in [5.41, 5.74) is 1.94. The van der Waals surface area contributed by atoms with Crippen LogP contribution >= 0.6 is 15.9 Å². The summed E-state index contributed by atoms with van der Waals surface area (Å²) in [4.78, 5) is 0.0427. The summed E-state index contributed by atoms with van der Waals surface area (Å²) in [5, 5.41) is 7.77. The smallest absolute Gasteiger partial charge is 0.288 e. The van der Waals surface area contributed by atoms with Crippen molar-refractivity contribution in [1.29, 1.82) is 0 Å². The highest BCUT2D eigenvalue weighted by Crippen LogP contribution is 2.30. The molecule has 1 aromatic heterocycles. The third kappa shape index (κ3) is 2.84. The number of nitrogens with zero attached hydrogens (tertiary/aromatic N) is 3. The number of ether oxygens (including phenoxy) is 1. The van der Waals surface area contributed by atoms with Crippen LogP contribution in [0.2, 0.25) is 0 Å². The van der Waals surface area contributed by atoms with Crippen molar-refractivity contribution in [3.63, 3.8) is 0 Å². The molecule has 0 spiro atoms. The summed E-state index contributed by atoms with van der Waals surface area (Å²) < 4.78 is 33.0. The summed E-state index contributed by atoms with van der Waals surface area (Å²) in [6, 6.07) is 10.2. The molecular formula is C15H14BrN3O3S. The maximum Gasteiger partial charge on any atom is 0.288 e. The first kappa shape index (κ1) is 15.9. The van der Waals surface area contributed by atoms with E-state index < -0.39 is 10.0 Å². The second-order valence-corrected chi connectivity index (χ2v) is 7.61. The lowest BCUT2D eigenvalue weighted by Crippen LogP contribution is -2.16. The van der Waals surface area contributed by atoms with E-state index in [9.17, 15) is 8.42 Å². The standard InChI is InChI=1S/C15H14BrN3O3S/c1-3-22-14-7-5-11(16)9-15(14)23(20,21)19-13-6-4-10(2)8-12(13)17-18-19/h4-9H,3H2,1-2H3. The van der Waals surface area contributed by atoms with Crippen molar-refractivity contribution in [2.45, 2.75) is 18.7 Å². The highest BCUT2D eigenvalue weighted by atomic mass is 79.9. The fourth-order valence-corrected chi connectivity index (χ4v) is 4.14. The quantitative estimate of drug-likeness (QED) is 0.678. The van der Waals surface area contributed by atoms with Gasteiger partial charge in [-0.25, -0.2) is 0 Å². The molecule has 0 amide bonds. The van der Waals surface area contributed by atoms with Crippen molar-refractivity contribution in [2.75, 3.05) is 6.61 Å². The SMILES string of the molecule is CCOc1ccc(Br)cc1S(=O)(=O)n1nnc2cc(C)ccc21. The molecule has 0 unspecified atom stereocenters. The Hall–Kier alpha value is -1.93. The first-order chi connectivity index (χ1) is 10.9. The maximum absolute atomic E-state index is 13.0. The van der Waals surface area contributed by atoms with E-state index in [0.717, 1.165) is 9.65 Å². The van der Waals surface area contributed by atoms with Crippen LogP contribution in [0.25, 0.3) is 11.0 Å². The van der Waals surface area contributed by atoms with E-state index in [2.05, 4.69) is 26.2 Å². The lowest BCUT2D eigenvalue weighted by atomic mass is 10.2. The molecule has 0 radical (unpaired) electrons. The number of benzene rings is 2. The van der Waals surface area contributed by atoms with Gasteiger partial charge in [0.25, 0.3) is 10.0 Å². The van der Waals surface area contributed by atoms with Crippen LogP contribution in [-0.2, 0) is 10.0 Å². The van der Waals surface area contributed by atoms with Crippen molar-refractivity contribution < 1.29 is 13.2 Å². The van der Waals surface area contributed by atoms with E-state index in [1.165, 1.54) is 6.07 Å². The molecule has 8 heteroatoms. The zero-order valence-electron chi connectivity index (χ0n) is 12.5. The predicted molar refractivity (Wildman–Crippen MR) is 90.2 cm³/mol. The number of fused-ring (bicyclic) bond motifs is 1. The molecule has 0 atom stereocenters. The first-order valence-electron chi connectivity index (χ1n) is 6.93. The van der Waals surface area contributed by atoms with Gasteiger partial charge in [0.2, 0.25) is 0 Å². The predicted octanol–water partition coefficient (Wildman–Crippen LogP) is 3.14. The Morgan fingerprint density at radius 1 is 1.22 bits per heavy atom. The summed E-state index contributed by atoms with van der Waals surface area (Å²) in [5.74, 6) is 0.284. The van der Waals surface area contributed by atoms with Crippen LogP contribution in [0.5, 0.6) is 5.75 Å². The van der Waals surface area contributed by atoms with Gasteiger partial charge in [0.1, 0.15) is 21.7 Å². The van der Waals surface area contributed by atoms with E-state index in [1.54, 1.807) is 31.2 Å². The Morgan fingerprint density at radius 3 is 2.74 bits per heavy atom. The van der Waals surface area contributed by atoms with Gasteiger partial charge >= 0.3 is 0 Å². The number of aromatic nitrogens is 3. The summed E-state index contributed by atoms with van der Waals surface area (Å²) >= 11 is 3.30. The minimum atomic E-state index is -3.92. The van der Waals surface area contributed by atoms with E-state index >= 15 is 0 Å². The Labute approximate surface area is 142 Å². The van der Waals surface area contributed by atoms with E-state index in [4.69, 9.17) is 4.74 Å². The minimum Gasteiger partial charge on any atom is -0.492 e. The Morgan fingerprint density at radius 2 is 2.00 bits per heavy atom. The third-order valence-electron chi connectivity index (χ3n) is 3.28. The number of hydrogen-bond donors (Lipinski definition) is 0. The molecule has 0 N–H and O–H groups in total. The van der Waals surface area contributed by atoms with Crippen molar-refractivity contribution in [3.05, 3.63) is 46.4 Å². The van der Waals surface area contributed by atoms with Crippen LogP contribution in [0.3, 0.4) is 0 Å². The van der Waals surface area contributed by atoms with Gasteiger partial charge in [-0.15, -0.1) is 9.19 Å². The van der Waals surface area contributed by atoms with Crippen LogP contribution in [0.15, 0.2) is 45.8 Å². The molecule has 0 saturated heterocycles. The fourth-order valence-electron chi connectivity index (χ4n) is 2.24. The average molecular weight is 396 g/mol. The van der Waals surface area contributed by atoms with Crippen molar-refractivity contribution in [2.24, 2.45) is 0 Å². The molecule has 3 rings (SSSR count). The highest BCUT2D eigenvalue weighted by molar-refractivity contribution is 9.10. The van der Waals surface area contributed by atoms with Gasteiger partial charge in [-0.3, -0.25) is 0 Å². The second kappa shape index (κ2) is 5.93. The summed E-state index contributed by atoms with van der Waals surface area (Å²) in [7, 11) is -3.92. The highest BCUT2D eigenvalue weighted by Gasteiger charge is 2.25. The zero-order chi connectivity index (χ0) is 16.6. The van der Waals surface area contributed by atoms with Crippen LogP contribution in [-0.4, -0.2) is 29.4 Å². The van der Waals surface area contributed by atoms with Crippen LogP contribution in [0, 0.1) is 6.92 Å². The molecular weight excluding hydrogens is 382 g/mol. The molecule has 3 aromatic rings. The Bertz CT molecular complexity index is 983. The van der Waals surface area contributed by atoms with Gasteiger partial charge in [-0.2, -0.15) is 8.42 Å². The average Bonchev–Trinajstić information content (AvgIpc) is 2.92. The fraction of sp³-hybridized carbons (Fsp3) is 0.200. The molecule has 0 saturated carbocycles. The molecule has 2 aromatic carbocycles. The lowest BCUT2D eigenvalue weighted by molar-refractivity contribution is 0.331. The molecule has 23 heavy (non-hydrogen) atoms. The van der Waals surface area contributed by atoms with Gasteiger partial charge in [0.15, 0.2) is 0 Å². The minimum absolute atomic E-state index is 0.0427. The zero-order valence-corrected chi connectivity index (χ0v) is 14.9. The van der Waals surface area contributed by atoms with Crippen LogP contribution < -0.4 is 4.74 Å². The van der Waals surface area contributed by atoms with E-state index in [-0.39, 0.29) is 10.6 Å². The van der Waals surface area contributed by atoms with Crippen LogP contribution in [0.1, 0.15) is 12.5 Å². The molecule has 0 aliphatic carbocycles. The molecule has 0 fully saturated rings. The van der Waals surface area contributed by atoms with Crippen molar-refractivity contribution in [1.82, 2.24) is 14.4 Å². The van der Waals surface area contributed by atoms with Crippen LogP contribution in [0.4, 0.5) is 0 Å². The number of aryl methyl sites for hydroxylation is 1. The largest absolute Gasteiger partial charge is 0.492 e. The van der Waals surface area contributed by atoms with E-state index in [1.807, 2.05) is 13.0 Å². The maximum atomic E-state index is 13.0. The monoisotopic (exact) mass is 395 g/mol. The van der Waals surface area contributed by atoms with Crippen molar-refractivity contribution >= 4 is 37.0 Å².